The Morgan fingerprint density at radius 3 is 2.97 bits per heavy atom. The van der Waals surface area contributed by atoms with Crippen LogP contribution in [0, 0.1) is 12.7 Å². The summed E-state index contributed by atoms with van der Waals surface area (Å²) in [6.45, 7) is 3.69. The number of hydrogen-bond donors (Lipinski definition) is 3. The van der Waals surface area contributed by atoms with Crippen LogP contribution in [0.5, 0.6) is 0 Å². The van der Waals surface area contributed by atoms with Gasteiger partial charge in [-0.05, 0) is 43.2 Å². The second-order valence-corrected chi connectivity index (χ2v) is 7.57. The number of aromatic nitrogens is 1. The van der Waals surface area contributed by atoms with E-state index in [1.54, 1.807) is 25.4 Å². The quantitative estimate of drug-likeness (QED) is 0.483. The molecule has 1 aromatic heterocycles. The third kappa shape index (κ3) is 5.82. The Labute approximate surface area is 180 Å². The molecule has 160 valence electrons. The molecule has 1 atom stereocenters. The summed E-state index contributed by atoms with van der Waals surface area (Å²) < 4.78 is 13.9. The molecule has 9 heteroatoms. The molecule has 1 unspecified atom stereocenters. The van der Waals surface area contributed by atoms with Crippen LogP contribution < -0.4 is 20.9 Å². The SMILES string of the molecule is CN=C(NCCC(=O)Nc1ccc(C)cc1Cl)NC1CCN(c2ncccc2F)C1. The Morgan fingerprint density at radius 1 is 1.40 bits per heavy atom. The summed E-state index contributed by atoms with van der Waals surface area (Å²) in [5.74, 6) is 0.516. The summed E-state index contributed by atoms with van der Waals surface area (Å²) in [6.07, 6.45) is 2.69. The molecule has 30 heavy (non-hydrogen) atoms. The van der Waals surface area contributed by atoms with Gasteiger partial charge in [-0.15, -0.1) is 0 Å². The van der Waals surface area contributed by atoms with E-state index in [-0.39, 0.29) is 24.2 Å². The van der Waals surface area contributed by atoms with E-state index in [0.717, 1.165) is 12.0 Å². The average Bonchev–Trinajstić information content (AvgIpc) is 3.18. The first-order valence-electron chi connectivity index (χ1n) is 9.85. The van der Waals surface area contributed by atoms with Crippen molar-refractivity contribution in [2.24, 2.45) is 4.99 Å². The monoisotopic (exact) mass is 432 g/mol. The van der Waals surface area contributed by atoms with Crippen LogP contribution in [0.4, 0.5) is 15.9 Å². The minimum absolute atomic E-state index is 0.109. The number of anilines is 2. The molecule has 3 rings (SSSR count). The summed E-state index contributed by atoms with van der Waals surface area (Å²) in [7, 11) is 1.67. The zero-order valence-electron chi connectivity index (χ0n) is 17.1. The van der Waals surface area contributed by atoms with Crippen LogP contribution in [0.15, 0.2) is 41.5 Å². The Balaban J connectivity index is 1.43. The molecule has 1 fully saturated rings. The molecule has 1 saturated heterocycles. The molecule has 1 aromatic carbocycles. The summed E-state index contributed by atoms with van der Waals surface area (Å²) in [5.41, 5.74) is 1.63. The number of amides is 1. The molecule has 1 aliphatic rings. The standard InChI is InChI=1S/C21H26ClFN6O/c1-14-5-6-18(16(22)12-14)28-19(30)7-10-26-21(24-2)27-15-8-11-29(13-15)20-17(23)4-3-9-25-20/h3-6,9,12,15H,7-8,10-11,13H2,1-2H3,(H,28,30)(H2,24,26,27). The van der Waals surface area contributed by atoms with Crippen LogP contribution in [0.2, 0.25) is 5.02 Å². The van der Waals surface area contributed by atoms with Gasteiger partial charge in [0.2, 0.25) is 5.91 Å². The molecule has 2 aromatic rings. The molecule has 0 radical (unpaired) electrons. The fraction of sp³-hybridized carbons (Fsp3) is 0.381. The first-order chi connectivity index (χ1) is 14.5. The summed E-state index contributed by atoms with van der Waals surface area (Å²) >= 11 is 6.15. The van der Waals surface area contributed by atoms with Gasteiger partial charge in [0.05, 0.1) is 10.7 Å². The third-order valence-corrected chi connectivity index (χ3v) is 5.15. The molecule has 3 N–H and O–H groups in total. The molecule has 1 amide bonds. The van der Waals surface area contributed by atoms with Crippen molar-refractivity contribution in [3.8, 4) is 0 Å². The number of nitrogens with one attached hydrogen (secondary N) is 3. The van der Waals surface area contributed by atoms with Gasteiger partial charge >= 0.3 is 0 Å². The first kappa shape index (κ1) is 21.8. The van der Waals surface area contributed by atoms with Gasteiger partial charge in [0, 0.05) is 45.3 Å². The highest BCUT2D eigenvalue weighted by Gasteiger charge is 2.25. The van der Waals surface area contributed by atoms with Crippen LogP contribution >= 0.6 is 11.6 Å². The van der Waals surface area contributed by atoms with E-state index in [4.69, 9.17) is 11.6 Å². The molecule has 7 nitrogen and oxygen atoms in total. The Bertz CT molecular complexity index is 922. The number of pyridine rings is 1. The van der Waals surface area contributed by atoms with Crippen LogP contribution in [0.3, 0.4) is 0 Å². The smallest absolute Gasteiger partial charge is 0.226 e. The van der Waals surface area contributed by atoms with Crippen molar-refractivity contribution in [2.45, 2.75) is 25.8 Å². The number of nitrogens with zero attached hydrogens (tertiary/aromatic N) is 3. The van der Waals surface area contributed by atoms with Crippen LogP contribution in [-0.2, 0) is 4.79 Å². The Kier molecular flexibility index (Phi) is 7.46. The second-order valence-electron chi connectivity index (χ2n) is 7.17. The number of carbonyl (C=O) groups excluding carboxylic acids is 1. The van der Waals surface area contributed by atoms with Gasteiger partial charge in [-0.3, -0.25) is 9.79 Å². The predicted octanol–water partition coefficient (Wildman–Crippen LogP) is 2.96. The zero-order chi connectivity index (χ0) is 21.5. The van der Waals surface area contributed by atoms with Gasteiger partial charge in [0.1, 0.15) is 0 Å². The topological polar surface area (TPSA) is 81.6 Å². The van der Waals surface area contributed by atoms with Crippen molar-refractivity contribution in [2.75, 3.05) is 36.9 Å². The van der Waals surface area contributed by atoms with Crippen LogP contribution in [0.1, 0.15) is 18.4 Å². The third-order valence-electron chi connectivity index (χ3n) is 4.83. The van der Waals surface area contributed by atoms with Gasteiger partial charge in [0.15, 0.2) is 17.6 Å². The van der Waals surface area contributed by atoms with E-state index in [1.807, 2.05) is 24.0 Å². The van der Waals surface area contributed by atoms with E-state index in [0.29, 0.717) is 42.1 Å². The van der Waals surface area contributed by atoms with Crippen LogP contribution in [-0.4, -0.2) is 49.6 Å². The maximum atomic E-state index is 13.9. The molecule has 1 aliphatic heterocycles. The van der Waals surface area contributed by atoms with Crippen LogP contribution in [0.25, 0.3) is 0 Å². The zero-order valence-corrected chi connectivity index (χ0v) is 17.8. The van der Waals surface area contributed by atoms with Crippen molar-refractivity contribution in [1.82, 2.24) is 15.6 Å². The second kappa shape index (κ2) is 10.2. The number of hydrogen-bond acceptors (Lipinski definition) is 4. The minimum atomic E-state index is -0.319. The number of benzene rings is 1. The molecule has 0 aliphatic carbocycles. The highest BCUT2D eigenvalue weighted by atomic mass is 35.5. The number of aryl methyl sites for hydroxylation is 1. The number of guanidine groups is 1. The summed E-state index contributed by atoms with van der Waals surface area (Å²) in [5, 5.41) is 9.79. The van der Waals surface area contributed by atoms with Gasteiger partial charge in [-0.2, -0.15) is 0 Å². The summed E-state index contributed by atoms with van der Waals surface area (Å²) in [6, 6.07) is 8.60. The van der Waals surface area contributed by atoms with Gasteiger partial charge < -0.3 is 20.9 Å². The van der Waals surface area contributed by atoms with Gasteiger partial charge in [-0.1, -0.05) is 17.7 Å². The van der Waals surface area contributed by atoms with Crippen molar-refractivity contribution in [3.63, 3.8) is 0 Å². The molecule has 0 bridgehead atoms. The lowest BCUT2D eigenvalue weighted by Gasteiger charge is -2.20. The van der Waals surface area contributed by atoms with Crippen molar-refractivity contribution < 1.29 is 9.18 Å². The predicted molar refractivity (Wildman–Crippen MR) is 119 cm³/mol. The number of aliphatic imine (C=N–C) groups is 1. The van der Waals surface area contributed by atoms with E-state index < -0.39 is 0 Å². The number of carbonyl (C=O) groups is 1. The largest absolute Gasteiger partial charge is 0.356 e. The molecule has 2 heterocycles. The van der Waals surface area contributed by atoms with E-state index >= 15 is 0 Å². The average molecular weight is 433 g/mol. The molecular formula is C21H26ClFN6O. The van der Waals surface area contributed by atoms with Crippen molar-refractivity contribution in [1.29, 1.82) is 0 Å². The lowest BCUT2D eigenvalue weighted by Crippen LogP contribution is -2.45. The minimum Gasteiger partial charge on any atom is -0.356 e. The maximum absolute atomic E-state index is 13.9. The van der Waals surface area contributed by atoms with Crippen molar-refractivity contribution >= 4 is 35.0 Å². The normalized spacial score (nSPS) is 16.5. The van der Waals surface area contributed by atoms with Gasteiger partial charge in [0.25, 0.3) is 0 Å². The maximum Gasteiger partial charge on any atom is 0.226 e. The fourth-order valence-corrected chi connectivity index (χ4v) is 3.58. The number of rotatable bonds is 6. The van der Waals surface area contributed by atoms with Crippen molar-refractivity contribution in [3.05, 3.63) is 52.9 Å². The Hall–Kier alpha value is -2.87. The number of halogens is 2. The lowest BCUT2D eigenvalue weighted by molar-refractivity contribution is -0.116. The fourth-order valence-electron chi connectivity index (χ4n) is 3.30. The molecule has 0 saturated carbocycles. The summed E-state index contributed by atoms with van der Waals surface area (Å²) in [4.78, 5) is 22.4. The Morgan fingerprint density at radius 2 is 2.23 bits per heavy atom. The molecule has 0 spiro atoms. The van der Waals surface area contributed by atoms with E-state index in [9.17, 15) is 9.18 Å². The van der Waals surface area contributed by atoms with E-state index in [2.05, 4.69) is 25.9 Å². The first-order valence-corrected chi connectivity index (χ1v) is 10.2. The van der Waals surface area contributed by atoms with Gasteiger partial charge in [-0.25, -0.2) is 9.37 Å². The lowest BCUT2D eigenvalue weighted by atomic mass is 10.2. The highest BCUT2D eigenvalue weighted by molar-refractivity contribution is 6.33. The highest BCUT2D eigenvalue weighted by Crippen LogP contribution is 2.23. The molecular weight excluding hydrogens is 407 g/mol. The van der Waals surface area contributed by atoms with E-state index in [1.165, 1.54) is 6.07 Å².